The molecular formula is C18H30IN7S. The molecule has 1 fully saturated rings. The number of aliphatic imine (C=N–C) groups is 1. The van der Waals surface area contributed by atoms with E-state index < -0.39 is 0 Å². The van der Waals surface area contributed by atoms with Crippen molar-refractivity contribution in [1.29, 1.82) is 0 Å². The van der Waals surface area contributed by atoms with E-state index >= 15 is 0 Å². The molecule has 2 N–H and O–H groups in total. The molecule has 0 spiro atoms. The molecule has 3 rings (SSSR count). The number of unbranched alkanes of at least 4 members (excludes halogenated alkanes) is 1. The van der Waals surface area contributed by atoms with E-state index in [1.807, 2.05) is 23.0 Å². The van der Waals surface area contributed by atoms with Gasteiger partial charge in [0.25, 0.3) is 0 Å². The summed E-state index contributed by atoms with van der Waals surface area (Å²) in [6.45, 7) is 5.14. The smallest absolute Gasteiger partial charge is 0.191 e. The summed E-state index contributed by atoms with van der Waals surface area (Å²) < 4.78 is 2.01. The molecule has 0 aliphatic carbocycles. The zero-order valence-corrected chi connectivity index (χ0v) is 19.0. The Labute approximate surface area is 182 Å². The Morgan fingerprint density at radius 2 is 2.00 bits per heavy atom. The highest BCUT2D eigenvalue weighted by Crippen LogP contribution is 2.27. The molecule has 0 amide bonds. The topological polar surface area (TPSA) is 70.4 Å². The van der Waals surface area contributed by atoms with Gasteiger partial charge in [-0.15, -0.1) is 45.5 Å². The van der Waals surface area contributed by atoms with E-state index in [4.69, 9.17) is 0 Å². The van der Waals surface area contributed by atoms with E-state index in [9.17, 15) is 0 Å². The summed E-state index contributed by atoms with van der Waals surface area (Å²) in [6, 6.07) is 4.83. The monoisotopic (exact) mass is 503 g/mol. The molecular weight excluding hydrogens is 473 g/mol. The average Bonchev–Trinajstić information content (AvgIpc) is 3.43. The van der Waals surface area contributed by atoms with Crippen molar-refractivity contribution in [1.82, 2.24) is 30.3 Å². The number of hydrogen-bond acceptors (Lipinski definition) is 5. The van der Waals surface area contributed by atoms with Crippen LogP contribution in [-0.4, -0.2) is 58.9 Å². The predicted molar refractivity (Wildman–Crippen MR) is 122 cm³/mol. The third kappa shape index (κ3) is 7.04. The van der Waals surface area contributed by atoms with Crippen LogP contribution in [0.3, 0.4) is 0 Å². The van der Waals surface area contributed by atoms with Crippen molar-refractivity contribution < 1.29 is 0 Å². The number of thiophene rings is 1. The molecule has 27 heavy (non-hydrogen) atoms. The average molecular weight is 503 g/mol. The molecule has 0 aromatic carbocycles. The van der Waals surface area contributed by atoms with E-state index in [1.165, 1.54) is 30.8 Å². The van der Waals surface area contributed by atoms with Crippen molar-refractivity contribution in [3.8, 4) is 0 Å². The molecule has 0 radical (unpaired) electrons. The Kier molecular flexibility index (Phi) is 10.1. The van der Waals surface area contributed by atoms with Gasteiger partial charge in [-0.25, -0.2) is 0 Å². The van der Waals surface area contributed by atoms with E-state index in [2.05, 4.69) is 48.2 Å². The van der Waals surface area contributed by atoms with Gasteiger partial charge in [-0.1, -0.05) is 6.07 Å². The maximum absolute atomic E-state index is 4.37. The zero-order chi connectivity index (χ0) is 18.0. The number of likely N-dealkylation sites (tertiary alicyclic amines) is 1. The Balaban J connectivity index is 0.00000261. The van der Waals surface area contributed by atoms with E-state index in [0.717, 1.165) is 38.4 Å². The molecule has 1 aliphatic heterocycles. The lowest BCUT2D eigenvalue weighted by Gasteiger charge is -2.27. The standard InChI is InChI=1S/C18H29N7S.HI/c1-19-18(20-8-2-3-9-24-14-22-23-15-24)21-13-16(17-7-6-12-26-17)25-10-4-5-11-25;/h6-7,12,14-16H,2-5,8-11,13H2,1H3,(H2,19,20,21);1H. The molecule has 2 aromatic heterocycles. The van der Waals surface area contributed by atoms with Crippen LogP contribution in [0.25, 0.3) is 0 Å². The van der Waals surface area contributed by atoms with Gasteiger partial charge in [0.2, 0.25) is 0 Å². The normalized spacial score (nSPS) is 16.1. The lowest BCUT2D eigenvalue weighted by Crippen LogP contribution is -2.42. The number of hydrogen-bond donors (Lipinski definition) is 2. The number of guanidine groups is 1. The zero-order valence-electron chi connectivity index (χ0n) is 15.9. The predicted octanol–water partition coefficient (Wildman–Crippen LogP) is 2.74. The number of aromatic nitrogens is 3. The molecule has 9 heteroatoms. The third-order valence-corrected chi connectivity index (χ3v) is 5.72. The summed E-state index contributed by atoms with van der Waals surface area (Å²) in [7, 11) is 1.84. The lowest BCUT2D eigenvalue weighted by molar-refractivity contribution is 0.249. The first kappa shape index (κ1) is 22.1. The van der Waals surface area contributed by atoms with Gasteiger partial charge in [0.05, 0.1) is 6.04 Å². The van der Waals surface area contributed by atoms with E-state index in [-0.39, 0.29) is 24.0 Å². The summed E-state index contributed by atoms with van der Waals surface area (Å²) in [4.78, 5) is 8.39. The lowest BCUT2D eigenvalue weighted by atomic mass is 10.2. The number of nitrogens with zero attached hydrogens (tertiary/aromatic N) is 5. The van der Waals surface area contributed by atoms with Crippen LogP contribution in [-0.2, 0) is 6.54 Å². The fourth-order valence-corrected chi connectivity index (χ4v) is 4.18. The molecule has 1 unspecified atom stereocenters. The largest absolute Gasteiger partial charge is 0.356 e. The molecule has 3 heterocycles. The molecule has 150 valence electrons. The fraction of sp³-hybridized carbons (Fsp3) is 0.611. The fourth-order valence-electron chi connectivity index (χ4n) is 3.32. The van der Waals surface area contributed by atoms with Crippen molar-refractivity contribution in [3.63, 3.8) is 0 Å². The summed E-state index contributed by atoms with van der Waals surface area (Å²) in [5, 5.41) is 16.8. The highest BCUT2D eigenvalue weighted by molar-refractivity contribution is 14.0. The number of halogens is 1. The van der Waals surface area contributed by atoms with Gasteiger partial charge in [0.1, 0.15) is 12.7 Å². The van der Waals surface area contributed by atoms with Crippen molar-refractivity contribution in [3.05, 3.63) is 35.0 Å². The minimum Gasteiger partial charge on any atom is -0.356 e. The van der Waals surface area contributed by atoms with Crippen LogP contribution < -0.4 is 10.6 Å². The van der Waals surface area contributed by atoms with Gasteiger partial charge >= 0.3 is 0 Å². The van der Waals surface area contributed by atoms with Crippen LogP contribution in [0.1, 0.15) is 36.6 Å². The van der Waals surface area contributed by atoms with Crippen molar-refractivity contribution in [2.45, 2.75) is 38.3 Å². The Morgan fingerprint density at radius 1 is 1.22 bits per heavy atom. The van der Waals surface area contributed by atoms with E-state index in [0.29, 0.717) is 6.04 Å². The number of rotatable bonds is 9. The van der Waals surface area contributed by atoms with Crippen LogP contribution in [0.15, 0.2) is 35.2 Å². The number of nitrogens with one attached hydrogen (secondary N) is 2. The summed E-state index contributed by atoms with van der Waals surface area (Å²) >= 11 is 1.85. The second-order valence-electron chi connectivity index (χ2n) is 6.56. The van der Waals surface area contributed by atoms with Crippen LogP contribution in [0.5, 0.6) is 0 Å². The van der Waals surface area contributed by atoms with Gasteiger partial charge in [-0.05, 0) is 50.2 Å². The Hall–Kier alpha value is -1.20. The van der Waals surface area contributed by atoms with Gasteiger partial charge in [0, 0.05) is 31.6 Å². The minimum absolute atomic E-state index is 0. The van der Waals surface area contributed by atoms with Gasteiger partial charge in [0.15, 0.2) is 5.96 Å². The first-order valence-electron chi connectivity index (χ1n) is 9.41. The van der Waals surface area contributed by atoms with Gasteiger partial charge < -0.3 is 15.2 Å². The minimum atomic E-state index is 0. The van der Waals surface area contributed by atoms with Gasteiger partial charge in [-0.2, -0.15) is 0 Å². The first-order valence-corrected chi connectivity index (χ1v) is 10.3. The van der Waals surface area contributed by atoms with Crippen molar-refractivity contribution >= 4 is 41.3 Å². The Bertz CT molecular complexity index is 639. The maximum atomic E-state index is 4.37. The summed E-state index contributed by atoms with van der Waals surface area (Å²) in [5.74, 6) is 0.884. The molecule has 1 atom stereocenters. The molecule has 1 saturated heterocycles. The SMILES string of the molecule is CN=C(NCCCCn1cnnc1)NCC(c1cccs1)N1CCCC1.I. The molecule has 7 nitrogen and oxygen atoms in total. The molecule has 0 bridgehead atoms. The van der Waals surface area contributed by atoms with Crippen LogP contribution in [0.4, 0.5) is 0 Å². The van der Waals surface area contributed by atoms with E-state index in [1.54, 1.807) is 12.7 Å². The molecule has 1 aliphatic rings. The second-order valence-corrected chi connectivity index (χ2v) is 7.54. The van der Waals surface area contributed by atoms with Crippen molar-refractivity contribution in [2.24, 2.45) is 4.99 Å². The maximum Gasteiger partial charge on any atom is 0.191 e. The highest BCUT2D eigenvalue weighted by atomic mass is 127. The Morgan fingerprint density at radius 3 is 2.67 bits per heavy atom. The third-order valence-electron chi connectivity index (χ3n) is 4.74. The van der Waals surface area contributed by atoms with Gasteiger partial charge in [-0.3, -0.25) is 9.89 Å². The first-order chi connectivity index (χ1) is 12.9. The summed E-state index contributed by atoms with van der Waals surface area (Å²) in [6.07, 6.45) is 8.31. The summed E-state index contributed by atoms with van der Waals surface area (Å²) in [5.41, 5.74) is 0. The van der Waals surface area contributed by atoms with Crippen LogP contribution >= 0.6 is 35.3 Å². The molecule has 0 saturated carbocycles. The van der Waals surface area contributed by atoms with Crippen LogP contribution in [0.2, 0.25) is 0 Å². The second kappa shape index (κ2) is 12.3. The highest BCUT2D eigenvalue weighted by Gasteiger charge is 2.24. The quantitative estimate of drug-likeness (QED) is 0.239. The van der Waals surface area contributed by atoms with Crippen molar-refractivity contribution in [2.75, 3.05) is 33.2 Å². The van der Waals surface area contributed by atoms with Crippen LogP contribution in [0, 0.1) is 0 Å². The number of aryl methyl sites for hydroxylation is 1. The molecule has 2 aromatic rings.